The first-order chi connectivity index (χ1) is 10.3. The molecule has 0 aliphatic carbocycles. The van der Waals surface area contributed by atoms with E-state index in [4.69, 9.17) is 4.52 Å². The van der Waals surface area contributed by atoms with E-state index >= 15 is 0 Å². The van der Waals surface area contributed by atoms with Crippen LogP contribution >= 0.6 is 0 Å². The maximum atomic E-state index is 9.17. The van der Waals surface area contributed by atoms with Crippen molar-refractivity contribution in [2.24, 2.45) is 0 Å². The fraction of sp³-hybridized carbons (Fsp3) is 0.375. The van der Waals surface area contributed by atoms with Crippen molar-refractivity contribution in [2.45, 2.75) is 19.5 Å². The van der Waals surface area contributed by atoms with Crippen molar-refractivity contribution in [1.82, 2.24) is 15.4 Å². The van der Waals surface area contributed by atoms with Gasteiger partial charge in [-0.3, -0.25) is 4.90 Å². The van der Waals surface area contributed by atoms with Gasteiger partial charge in [-0.25, -0.2) is 0 Å². The van der Waals surface area contributed by atoms with Gasteiger partial charge in [0.25, 0.3) is 0 Å². The first kappa shape index (κ1) is 13.8. The first-order valence-electron chi connectivity index (χ1n) is 7.13. The van der Waals surface area contributed by atoms with Gasteiger partial charge in [0, 0.05) is 31.3 Å². The molecule has 2 aromatic rings. The van der Waals surface area contributed by atoms with Crippen molar-refractivity contribution in [1.29, 1.82) is 5.26 Å². The van der Waals surface area contributed by atoms with Crippen molar-refractivity contribution in [3.05, 3.63) is 41.7 Å². The summed E-state index contributed by atoms with van der Waals surface area (Å²) in [5, 5.41) is 16.5. The van der Waals surface area contributed by atoms with E-state index in [1.165, 1.54) is 5.56 Å². The Hall–Kier alpha value is -2.16. The number of aromatic nitrogens is 1. The van der Waals surface area contributed by atoms with Gasteiger partial charge < -0.3 is 9.84 Å². The zero-order chi connectivity index (χ0) is 14.7. The SMILES string of the molecule is Cc1ccc(-c2cc(CN3CCNCC3C#N)on2)cc1. The fourth-order valence-corrected chi connectivity index (χ4v) is 2.51. The second kappa shape index (κ2) is 6.08. The molecule has 1 aromatic heterocycles. The molecule has 1 saturated heterocycles. The average molecular weight is 282 g/mol. The predicted molar refractivity (Wildman–Crippen MR) is 79.4 cm³/mol. The Morgan fingerprint density at radius 1 is 1.43 bits per heavy atom. The summed E-state index contributed by atoms with van der Waals surface area (Å²) in [5.74, 6) is 0.799. The molecule has 108 valence electrons. The molecule has 1 fully saturated rings. The van der Waals surface area contributed by atoms with Crippen molar-refractivity contribution in [3.63, 3.8) is 0 Å². The minimum Gasteiger partial charge on any atom is -0.359 e. The normalized spacial score (nSPS) is 19.3. The molecule has 0 spiro atoms. The molecule has 1 unspecified atom stereocenters. The van der Waals surface area contributed by atoms with Gasteiger partial charge in [0.05, 0.1) is 12.6 Å². The summed E-state index contributed by atoms with van der Waals surface area (Å²) in [5.41, 5.74) is 3.11. The fourth-order valence-electron chi connectivity index (χ4n) is 2.51. The summed E-state index contributed by atoms with van der Waals surface area (Å²) in [4.78, 5) is 2.12. The second-order valence-corrected chi connectivity index (χ2v) is 5.36. The second-order valence-electron chi connectivity index (χ2n) is 5.36. The molecule has 0 bridgehead atoms. The zero-order valence-electron chi connectivity index (χ0n) is 12.0. The highest BCUT2D eigenvalue weighted by Gasteiger charge is 2.23. The third-order valence-corrected chi connectivity index (χ3v) is 3.77. The topological polar surface area (TPSA) is 65.1 Å². The number of benzene rings is 1. The number of hydrogen-bond acceptors (Lipinski definition) is 5. The molecule has 2 heterocycles. The van der Waals surface area contributed by atoms with Gasteiger partial charge in [0.2, 0.25) is 0 Å². The maximum absolute atomic E-state index is 9.17. The molecule has 5 nitrogen and oxygen atoms in total. The molecule has 0 saturated carbocycles. The van der Waals surface area contributed by atoms with Gasteiger partial charge in [0.15, 0.2) is 5.76 Å². The van der Waals surface area contributed by atoms with Crippen LogP contribution in [-0.2, 0) is 6.54 Å². The molecule has 3 rings (SSSR count). The number of nitriles is 1. The lowest BCUT2D eigenvalue weighted by Crippen LogP contribution is -2.49. The van der Waals surface area contributed by atoms with E-state index in [0.29, 0.717) is 13.1 Å². The molecule has 5 heteroatoms. The van der Waals surface area contributed by atoms with Crippen LogP contribution in [0.3, 0.4) is 0 Å². The Balaban J connectivity index is 1.73. The van der Waals surface area contributed by atoms with E-state index in [2.05, 4.69) is 40.5 Å². The highest BCUT2D eigenvalue weighted by atomic mass is 16.5. The highest BCUT2D eigenvalue weighted by Crippen LogP contribution is 2.21. The Kier molecular flexibility index (Phi) is 4.00. The van der Waals surface area contributed by atoms with E-state index in [-0.39, 0.29) is 6.04 Å². The minimum absolute atomic E-state index is 0.105. The number of piperazine rings is 1. The third kappa shape index (κ3) is 3.13. The molecule has 1 atom stereocenters. The lowest BCUT2D eigenvalue weighted by Gasteiger charge is -2.30. The highest BCUT2D eigenvalue weighted by molar-refractivity contribution is 5.59. The Morgan fingerprint density at radius 3 is 3.00 bits per heavy atom. The van der Waals surface area contributed by atoms with Crippen LogP contribution in [0.4, 0.5) is 0 Å². The molecule has 0 radical (unpaired) electrons. The molecule has 1 aliphatic rings. The van der Waals surface area contributed by atoms with Crippen molar-refractivity contribution >= 4 is 0 Å². The molecular weight excluding hydrogens is 264 g/mol. The predicted octanol–water partition coefficient (Wildman–Crippen LogP) is 1.95. The van der Waals surface area contributed by atoms with E-state index in [9.17, 15) is 5.26 Å². The smallest absolute Gasteiger partial charge is 0.151 e. The van der Waals surface area contributed by atoms with Crippen LogP contribution in [0.15, 0.2) is 34.9 Å². The van der Waals surface area contributed by atoms with Crippen LogP contribution in [0.1, 0.15) is 11.3 Å². The van der Waals surface area contributed by atoms with Gasteiger partial charge >= 0.3 is 0 Å². The average Bonchev–Trinajstić information content (AvgIpc) is 2.97. The van der Waals surface area contributed by atoms with Crippen LogP contribution in [0.5, 0.6) is 0 Å². The van der Waals surface area contributed by atoms with Gasteiger partial charge in [0.1, 0.15) is 11.7 Å². The molecule has 1 aliphatic heterocycles. The van der Waals surface area contributed by atoms with E-state index in [1.807, 2.05) is 18.2 Å². The third-order valence-electron chi connectivity index (χ3n) is 3.77. The van der Waals surface area contributed by atoms with E-state index in [0.717, 1.165) is 30.1 Å². The van der Waals surface area contributed by atoms with Crippen LogP contribution in [0.25, 0.3) is 11.3 Å². The summed E-state index contributed by atoms with van der Waals surface area (Å²) in [6.45, 7) is 5.13. The maximum Gasteiger partial charge on any atom is 0.151 e. The Morgan fingerprint density at radius 2 is 2.24 bits per heavy atom. The monoisotopic (exact) mass is 282 g/mol. The van der Waals surface area contributed by atoms with Gasteiger partial charge in [-0.05, 0) is 6.92 Å². The summed E-state index contributed by atoms with van der Waals surface area (Å²) in [6.07, 6.45) is 0. The lowest BCUT2D eigenvalue weighted by molar-refractivity contribution is 0.170. The van der Waals surface area contributed by atoms with Gasteiger partial charge in [-0.1, -0.05) is 35.0 Å². The summed E-state index contributed by atoms with van der Waals surface area (Å²) in [7, 11) is 0. The standard InChI is InChI=1S/C16H18N4O/c1-12-2-4-13(5-3-12)16-8-15(21-19-16)11-20-7-6-18-10-14(20)9-17/h2-5,8,14,18H,6-7,10-11H2,1H3. The van der Waals surface area contributed by atoms with Crippen LogP contribution in [0, 0.1) is 18.3 Å². The molecule has 1 N–H and O–H groups in total. The minimum atomic E-state index is -0.105. The Bertz CT molecular complexity index is 641. The summed E-state index contributed by atoms with van der Waals surface area (Å²) >= 11 is 0. The molecule has 0 amide bonds. The van der Waals surface area contributed by atoms with E-state index < -0.39 is 0 Å². The molecular formula is C16H18N4O. The number of nitrogens with one attached hydrogen (secondary N) is 1. The van der Waals surface area contributed by atoms with Crippen LogP contribution in [-0.4, -0.2) is 35.7 Å². The van der Waals surface area contributed by atoms with Crippen LogP contribution in [0.2, 0.25) is 0 Å². The van der Waals surface area contributed by atoms with Gasteiger partial charge in [-0.15, -0.1) is 0 Å². The van der Waals surface area contributed by atoms with Gasteiger partial charge in [-0.2, -0.15) is 5.26 Å². The van der Waals surface area contributed by atoms with E-state index in [1.54, 1.807) is 0 Å². The number of nitrogens with zero attached hydrogens (tertiary/aromatic N) is 3. The number of aryl methyl sites for hydroxylation is 1. The Labute approximate surface area is 124 Å². The number of rotatable bonds is 3. The molecule has 1 aromatic carbocycles. The quantitative estimate of drug-likeness (QED) is 0.932. The van der Waals surface area contributed by atoms with Crippen molar-refractivity contribution < 1.29 is 4.52 Å². The summed E-state index contributed by atoms with van der Waals surface area (Å²) in [6, 6.07) is 12.4. The van der Waals surface area contributed by atoms with Crippen molar-refractivity contribution in [3.8, 4) is 17.3 Å². The first-order valence-corrected chi connectivity index (χ1v) is 7.13. The van der Waals surface area contributed by atoms with Crippen molar-refractivity contribution in [2.75, 3.05) is 19.6 Å². The summed E-state index contributed by atoms with van der Waals surface area (Å²) < 4.78 is 5.42. The number of hydrogen-bond donors (Lipinski definition) is 1. The zero-order valence-corrected chi connectivity index (χ0v) is 12.0. The molecule has 21 heavy (non-hydrogen) atoms. The lowest BCUT2D eigenvalue weighted by atomic mass is 10.1. The largest absolute Gasteiger partial charge is 0.359 e. The van der Waals surface area contributed by atoms with Crippen LogP contribution < -0.4 is 5.32 Å².